The normalized spacial score (nSPS) is 18.6. The highest BCUT2D eigenvalue weighted by molar-refractivity contribution is 8.00. The molecule has 2 amide bonds. The Morgan fingerprint density at radius 3 is 2.32 bits per heavy atom. The average molecular weight is 354 g/mol. The van der Waals surface area contributed by atoms with Gasteiger partial charge in [0.2, 0.25) is 11.8 Å². The molecule has 2 atom stereocenters. The van der Waals surface area contributed by atoms with E-state index in [2.05, 4.69) is 0 Å². The number of hydrogen-bond acceptors (Lipinski definition) is 3. The molecule has 2 aromatic carbocycles. The van der Waals surface area contributed by atoms with E-state index in [0.29, 0.717) is 13.1 Å². The molecular formula is C20H22N2O2S. The molecule has 1 fully saturated rings. The van der Waals surface area contributed by atoms with Gasteiger partial charge in [0.1, 0.15) is 5.25 Å². The number of carbonyl (C=O) groups excluding carboxylic acids is 2. The van der Waals surface area contributed by atoms with Crippen LogP contribution in [-0.2, 0) is 9.59 Å². The van der Waals surface area contributed by atoms with Crippen LogP contribution in [0.2, 0.25) is 0 Å². The lowest BCUT2D eigenvalue weighted by Gasteiger charge is -2.33. The van der Waals surface area contributed by atoms with Crippen LogP contribution in [0, 0.1) is 5.92 Å². The first-order chi connectivity index (χ1) is 12.1. The monoisotopic (exact) mass is 354 g/mol. The van der Waals surface area contributed by atoms with Crippen LogP contribution in [0.25, 0.3) is 0 Å². The van der Waals surface area contributed by atoms with Gasteiger partial charge in [-0.3, -0.25) is 9.59 Å². The number of carbonyl (C=O) groups is 2. The summed E-state index contributed by atoms with van der Waals surface area (Å²) in [7, 11) is 0. The number of rotatable bonds is 5. The number of nitrogens with zero attached hydrogens (tertiary/aromatic N) is 1. The Bertz CT molecular complexity index is 721. The van der Waals surface area contributed by atoms with E-state index >= 15 is 0 Å². The molecule has 0 saturated carbocycles. The minimum Gasteiger partial charge on any atom is -0.369 e. The van der Waals surface area contributed by atoms with E-state index in [4.69, 9.17) is 5.73 Å². The van der Waals surface area contributed by atoms with Gasteiger partial charge in [-0.1, -0.05) is 48.5 Å². The van der Waals surface area contributed by atoms with Crippen molar-refractivity contribution in [1.29, 1.82) is 0 Å². The van der Waals surface area contributed by atoms with Gasteiger partial charge in [0.15, 0.2) is 0 Å². The summed E-state index contributed by atoms with van der Waals surface area (Å²) >= 11 is 1.55. The van der Waals surface area contributed by atoms with Gasteiger partial charge in [0.05, 0.1) is 5.92 Å². The van der Waals surface area contributed by atoms with Crippen molar-refractivity contribution in [3.8, 4) is 0 Å². The minimum atomic E-state index is -0.324. The topological polar surface area (TPSA) is 63.4 Å². The van der Waals surface area contributed by atoms with Crippen LogP contribution in [0.5, 0.6) is 0 Å². The molecule has 1 aliphatic heterocycles. The van der Waals surface area contributed by atoms with Crippen molar-refractivity contribution < 1.29 is 9.59 Å². The van der Waals surface area contributed by atoms with E-state index in [-0.39, 0.29) is 23.0 Å². The number of primary amides is 1. The Labute approximate surface area is 152 Å². The number of likely N-dealkylation sites (tertiary alicyclic amines) is 1. The van der Waals surface area contributed by atoms with E-state index in [1.807, 2.05) is 60.7 Å². The zero-order valence-corrected chi connectivity index (χ0v) is 14.8. The van der Waals surface area contributed by atoms with Crippen LogP contribution in [0.4, 0.5) is 0 Å². The van der Waals surface area contributed by atoms with Crippen LogP contribution < -0.4 is 5.73 Å². The van der Waals surface area contributed by atoms with Crippen LogP contribution in [0.15, 0.2) is 65.6 Å². The summed E-state index contributed by atoms with van der Waals surface area (Å²) in [5, 5.41) is -0.324. The molecule has 2 N–H and O–H groups in total. The zero-order chi connectivity index (χ0) is 17.6. The second kappa shape index (κ2) is 8.21. The molecule has 0 spiro atoms. The fourth-order valence-electron chi connectivity index (χ4n) is 3.10. The fourth-order valence-corrected chi connectivity index (χ4v) is 4.23. The first kappa shape index (κ1) is 17.5. The predicted octanol–water partition coefficient (Wildman–Crippen LogP) is 3.24. The predicted molar refractivity (Wildman–Crippen MR) is 100.0 cm³/mol. The largest absolute Gasteiger partial charge is 0.369 e. The number of thioether (sulfide) groups is 1. The van der Waals surface area contributed by atoms with Gasteiger partial charge in [0, 0.05) is 18.0 Å². The maximum absolute atomic E-state index is 13.2. The lowest BCUT2D eigenvalue weighted by Crippen LogP contribution is -2.45. The summed E-state index contributed by atoms with van der Waals surface area (Å²) in [4.78, 5) is 27.6. The van der Waals surface area contributed by atoms with E-state index in [1.165, 1.54) is 0 Å². The third-order valence-corrected chi connectivity index (χ3v) is 5.71. The summed E-state index contributed by atoms with van der Waals surface area (Å²) in [6.07, 6.45) is 1.58. The van der Waals surface area contributed by atoms with Crippen molar-refractivity contribution in [2.45, 2.75) is 23.0 Å². The molecule has 5 heteroatoms. The highest BCUT2D eigenvalue weighted by Gasteiger charge is 2.32. The molecule has 4 nitrogen and oxygen atoms in total. The second-order valence-electron chi connectivity index (χ2n) is 6.25. The highest BCUT2D eigenvalue weighted by atomic mass is 32.2. The Morgan fingerprint density at radius 2 is 1.68 bits per heavy atom. The number of benzene rings is 2. The summed E-state index contributed by atoms with van der Waals surface area (Å²) in [5.41, 5.74) is 6.43. The molecule has 0 bridgehead atoms. The van der Waals surface area contributed by atoms with Crippen molar-refractivity contribution in [1.82, 2.24) is 4.90 Å². The van der Waals surface area contributed by atoms with Crippen LogP contribution in [-0.4, -0.2) is 29.8 Å². The van der Waals surface area contributed by atoms with Gasteiger partial charge in [-0.25, -0.2) is 0 Å². The molecule has 1 heterocycles. The number of piperidine rings is 1. The highest BCUT2D eigenvalue weighted by Crippen LogP contribution is 2.37. The van der Waals surface area contributed by atoms with Gasteiger partial charge in [-0.05, 0) is 30.5 Å². The second-order valence-corrected chi connectivity index (χ2v) is 7.43. The number of nitrogens with two attached hydrogens (primary N) is 1. The van der Waals surface area contributed by atoms with Crippen molar-refractivity contribution in [3.63, 3.8) is 0 Å². The first-order valence-electron chi connectivity index (χ1n) is 8.50. The fraction of sp³-hybridized carbons (Fsp3) is 0.300. The van der Waals surface area contributed by atoms with E-state index in [1.54, 1.807) is 16.7 Å². The number of hydrogen-bond donors (Lipinski definition) is 1. The Morgan fingerprint density at radius 1 is 1.04 bits per heavy atom. The molecule has 0 aliphatic carbocycles. The third-order valence-electron chi connectivity index (χ3n) is 4.46. The average Bonchev–Trinajstić information content (AvgIpc) is 2.67. The van der Waals surface area contributed by atoms with Crippen molar-refractivity contribution in [3.05, 3.63) is 66.2 Å². The molecule has 2 aromatic rings. The van der Waals surface area contributed by atoms with Crippen LogP contribution in [0.1, 0.15) is 23.7 Å². The van der Waals surface area contributed by atoms with Crippen molar-refractivity contribution in [2.24, 2.45) is 11.7 Å². The molecule has 1 saturated heterocycles. The lowest BCUT2D eigenvalue weighted by molar-refractivity contribution is -0.134. The first-order valence-corrected chi connectivity index (χ1v) is 9.38. The van der Waals surface area contributed by atoms with Crippen LogP contribution >= 0.6 is 11.8 Å². The quantitative estimate of drug-likeness (QED) is 0.839. The minimum absolute atomic E-state index is 0.0472. The Kier molecular flexibility index (Phi) is 5.76. The summed E-state index contributed by atoms with van der Waals surface area (Å²) in [6, 6.07) is 19.7. The van der Waals surface area contributed by atoms with Gasteiger partial charge in [-0.15, -0.1) is 11.8 Å². The van der Waals surface area contributed by atoms with Crippen LogP contribution in [0.3, 0.4) is 0 Å². The Balaban J connectivity index is 1.83. The van der Waals surface area contributed by atoms with Gasteiger partial charge in [-0.2, -0.15) is 0 Å². The van der Waals surface area contributed by atoms with Crippen molar-refractivity contribution >= 4 is 23.6 Å². The Hall–Kier alpha value is -2.27. The summed E-state index contributed by atoms with van der Waals surface area (Å²) < 4.78 is 0. The molecule has 25 heavy (non-hydrogen) atoms. The van der Waals surface area contributed by atoms with E-state index in [0.717, 1.165) is 23.3 Å². The standard InChI is InChI=1S/C20H22N2O2S/c21-19(23)16-10-7-13-22(14-16)20(24)18(15-8-3-1-4-9-15)25-17-11-5-2-6-12-17/h1-6,8-9,11-12,16,18H,7,10,13-14H2,(H2,21,23). The third kappa shape index (κ3) is 4.42. The van der Waals surface area contributed by atoms with Gasteiger partial charge < -0.3 is 10.6 Å². The molecule has 0 aromatic heterocycles. The molecule has 2 unspecified atom stereocenters. The molecule has 0 radical (unpaired) electrons. The SMILES string of the molecule is NC(=O)C1CCCN(C(=O)C(Sc2ccccc2)c2ccccc2)C1. The molecular weight excluding hydrogens is 332 g/mol. The van der Waals surface area contributed by atoms with E-state index in [9.17, 15) is 9.59 Å². The summed E-state index contributed by atoms with van der Waals surface area (Å²) in [6.45, 7) is 1.11. The molecule has 3 rings (SSSR count). The molecule has 1 aliphatic rings. The van der Waals surface area contributed by atoms with Crippen molar-refractivity contribution in [2.75, 3.05) is 13.1 Å². The maximum atomic E-state index is 13.2. The van der Waals surface area contributed by atoms with Gasteiger partial charge in [0.25, 0.3) is 0 Å². The molecule has 130 valence electrons. The van der Waals surface area contributed by atoms with Gasteiger partial charge >= 0.3 is 0 Å². The smallest absolute Gasteiger partial charge is 0.240 e. The van der Waals surface area contributed by atoms with E-state index < -0.39 is 0 Å². The summed E-state index contributed by atoms with van der Waals surface area (Å²) in [5.74, 6) is -0.508. The lowest BCUT2D eigenvalue weighted by atomic mass is 9.97. The maximum Gasteiger partial charge on any atom is 0.240 e. The number of amides is 2. The zero-order valence-electron chi connectivity index (χ0n) is 14.0.